The lowest BCUT2D eigenvalue weighted by Gasteiger charge is -2.11. The number of hydrogen-bond acceptors (Lipinski definition) is 3. The van der Waals surface area contributed by atoms with Gasteiger partial charge in [-0.1, -0.05) is 0 Å². The molecule has 0 unspecified atom stereocenters. The predicted molar refractivity (Wildman–Crippen MR) is 79.4 cm³/mol. The Balaban J connectivity index is 2.32. The SMILES string of the molecule is COc1cc(N)ccc1C(=O)Nc1cc(F)c(Br)cc1F. The fourth-order valence-corrected chi connectivity index (χ4v) is 2.02. The molecule has 2 aromatic carbocycles. The van der Waals surface area contributed by atoms with Gasteiger partial charge in [0.1, 0.15) is 17.4 Å². The Labute approximate surface area is 128 Å². The van der Waals surface area contributed by atoms with Gasteiger partial charge in [0.25, 0.3) is 5.91 Å². The van der Waals surface area contributed by atoms with Gasteiger partial charge in [-0.25, -0.2) is 8.78 Å². The number of anilines is 2. The van der Waals surface area contributed by atoms with Crippen molar-refractivity contribution >= 4 is 33.2 Å². The van der Waals surface area contributed by atoms with Crippen molar-refractivity contribution in [3.05, 3.63) is 52.0 Å². The number of amides is 1. The molecule has 7 heteroatoms. The second-order valence-corrected chi connectivity index (χ2v) is 5.01. The molecule has 0 bridgehead atoms. The molecule has 0 aliphatic carbocycles. The van der Waals surface area contributed by atoms with E-state index in [-0.39, 0.29) is 21.5 Å². The normalized spacial score (nSPS) is 10.3. The van der Waals surface area contributed by atoms with Gasteiger partial charge in [-0.15, -0.1) is 0 Å². The maximum absolute atomic E-state index is 13.7. The Bertz CT molecular complexity index is 708. The van der Waals surface area contributed by atoms with E-state index in [1.165, 1.54) is 25.3 Å². The Hall–Kier alpha value is -2.15. The summed E-state index contributed by atoms with van der Waals surface area (Å²) in [5, 5.41) is 2.29. The second kappa shape index (κ2) is 6.09. The molecule has 2 rings (SSSR count). The number of nitrogens with one attached hydrogen (secondary N) is 1. The third kappa shape index (κ3) is 3.30. The Morgan fingerprint density at radius 1 is 1.24 bits per heavy atom. The van der Waals surface area contributed by atoms with Gasteiger partial charge >= 0.3 is 0 Å². The van der Waals surface area contributed by atoms with Crippen molar-refractivity contribution < 1.29 is 18.3 Å². The van der Waals surface area contributed by atoms with Crippen molar-refractivity contribution in [1.29, 1.82) is 0 Å². The maximum Gasteiger partial charge on any atom is 0.259 e. The average Bonchev–Trinajstić information content (AvgIpc) is 2.44. The van der Waals surface area contributed by atoms with Crippen LogP contribution in [-0.2, 0) is 0 Å². The largest absolute Gasteiger partial charge is 0.496 e. The molecule has 0 aliphatic heterocycles. The molecule has 3 N–H and O–H groups in total. The highest BCUT2D eigenvalue weighted by molar-refractivity contribution is 9.10. The van der Waals surface area contributed by atoms with E-state index in [2.05, 4.69) is 21.2 Å². The highest BCUT2D eigenvalue weighted by atomic mass is 79.9. The summed E-state index contributed by atoms with van der Waals surface area (Å²) in [5.74, 6) is -1.83. The first kappa shape index (κ1) is 15.2. The third-order valence-electron chi connectivity index (χ3n) is 2.73. The van der Waals surface area contributed by atoms with Crippen molar-refractivity contribution in [1.82, 2.24) is 0 Å². The van der Waals surface area contributed by atoms with Crippen molar-refractivity contribution in [2.75, 3.05) is 18.2 Å². The molecular weight excluding hydrogens is 346 g/mol. The number of carbonyl (C=O) groups is 1. The first-order valence-electron chi connectivity index (χ1n) is 5.81. The molecular formula is C14H11BrF2N2O2. The van der Waals surface area contributed by atoms with E-state index in [4.69, 9.17) is 10.5 Å². The van der Waals surface area contributed by atoms with Crippen LogP contribution in [-0.4, -0.2) is 13.0 Å². The minimum atomic E-state index is -0.758. The van der Waals surface area contributed by atoms with Gasteiger partial charge in [-0.05, 0) is 34.1 Å². The second-order valence-electron chi connectivity index (χ2n) is 4.16. The molecule has 2 aromatic rings. The van der Waals surface area contributed by atoms with E-state index in [1.807, 2.05) is 0 Å². The quantitative estimate of drug-likeness (QED) is 0.652. The van der Waals surface area contributed by atoms with Crippen LogP contribution in [0.5, 0.6) is 5.75 Å². The number of rotatable bonds is 3. The van der Waals surface area contributed by atoms with Gasteiger partial charge < -0.3 is 15.8 Å². The van der Waals surface area contributed by atoms with E-state index in [1.54, 1.807) is 0 Å². The molecule has 110 valence electrons. The summed E-state index contributed by atoms with van der Waals surface area (Å²) in [7, 11) is 1.38. The highest BCUT2D eigenvalue weighted by Gasteiger charge is 2.16. The van der Waals surface area contributed by atoms with Gasteiger partial charge in [-0.2, -0.15) is 0 Å². The van der Waals surface area contributed by atoms with Crippen molar-refractivity contribution in [3.8, 4) is 5.75 Å². The Morgan fingerprint density at radius 2 is 1.95 bits per heavy atom. The van der Waals surface area contributed by atoms with Crippen LogP contribution in [0.1, 0.15) is 10.4 Å². The lowest BCUT2D eigenvalue weighted by atomic mass is 10.1. The standard InChI is InChI=1S/C14H11BrF2N2O2/c1-21-13-4-7(18)2-3-8(13)14(20)19-12-6-10(16)9(15)5-11(12)17/h2-6H,18H2,1H3,(H,19,20). The molecule has 0 spiro atoms. The zero-order valence-electron chi connectivity index (χ0n) is 10.9. The van der Waals surface area contributed by atoms with E-state index >= 15 is 0 Å². The number of carbonyl (C=O) groups excluding carboxylic acids is 1. The number of hydrogen-bond donors (Lipinski definition) is 2. The third-order valence-corrected chi connectivity index (χ3v) is 3.34. The molecule has 4 nitrogen and oxygen atoms in total. The molecule has 0 fully saturated rings. The molecule has 0 heterocycles. The number of nitrogen functional groups attached to an aromatic ring is 1. The number of methoxy groups -OCH3 is 1. The van der Waals surface area contributed by atoms with E-state index in [0.717, 1.165) is 12.1 Å². The van der Waals surface area contributed by atoms with Gasteiger partial charge in [0.05, 0.1) is 22.8 Å². The average molecular weight is 357 g/mol. The number of ether oxygens (including phenoxy) is 1. The number of benzene rings is 2. The summed E-state index contributed by atoms with van der Waals surface area (Å²) in [6, 6.07) is 6.24. The van der Waals surface area contributed by atoms with E-state index in [0.29, 0.717) is 5.69 Å². The van der Waals surface area contributed by atoms with Crippen LogP contribution < -0.4 is 15.8 Å². The van der Waals surface area contributed by atoms with Crippen molar-refractivity contribution in [2.45, 2.75) is 0 Å². The summed E-state index contributed by atoms with van der Waals surface area (Å²) >= 11 is 2.86. The number of nitrogens with two attached hydrogens (primary N) is 1. The lowest BCUT2D eigenvalue weighted by Crippen LogP contribution is -2.14. The first-order chi connectivity index (χ1) is 9.92. The summed E-state index contributed by atoms with van der Waals surface area (Å²) in [6.07, 6.45) is 0. The van der Waals surface area contributed by atoms with Gasteiger partial charge in [0.2, 0.25) is 0 Å². The molecule has 0 saturated heterocycles. The van der Waals surface area contributed by atoms with Crippen LogP contribution in [0, 0.1) is 11.6 Å². The highest BCUT2D eigenvalue weighted by Crippen LogP contribution is 2.26. The summed E-state index contributed by atoms with van der Waals surface area (Å²) in [6.45, 7) is 0. The monoisotopic (exact) mass is 356 g/mol. The first-order valence-corrected chi connectivity index (χ1v) is 6.61. The van der Waals surface area contributed by atoms with Crippen LogP contribution in [0.3, 0.4) is 0 Å². The summed E-state index contributed by atoms with van der Waals surface area (Å²) in [5.41, 5.74) is 5.91. The smallest absolute Gasteiger partial charge is 0.259 e. The van der Waals surface area contributed by atoms with Crippen LogP contribution in [0.2, 0.25) is 0 Å². The molecule has 1 amide bonds. The molecule has 0 atom stereocenters. The minimum absolute atomic E-state index is 0.0249. The molecule has 0 radical (unpaired) electrons. The number of halogens is 3. The van der Waals surface area contributed by atoms with E-state index < -0.39 is 17.5 Å². The fraction of sp³-hybridized carbons (Fsp3) is 0.0714. The fourth-order valence-electron chi connectivity index (χ4n) is 1.70. The Kier molecular flexibility index (Phi) is 4.42. The van der Waals surface area contributed by atoms with Gasteiger partial charge in [0.15, 0.2) is 0 Å². The van der Waals surface area contributed by atoms with Crippen molar-refractivity contribution in [3.63, 3.8) is 0 Å². The molecule has 21 heavy (non-hydrogen) atoms. The van der Waals surface area contributed by atoms with Crippen LogP contribution >= 0.6 is 15.9 Å². The van der Waals surface area contributed by atoms with Crippen LogP contribution in [0.25, 0.3) is 0 Å². The van der Waals surface area contributed by atoms with Gasteiger partial charge in [0, 0.05) is 17.8 Å². The zero-order chi connectivity index (χ0) is 15.6. The molecule has 0 aliphatic rings. The lowest BCUT2D eigenvalue weighted by molar-refractivity contribution is 0.102. The van der Waals surface area contributed by atoms with Crippen molar-refractivity contribution in [2.24, 2.45) is 0 Å². The minimum Gasteiger partial charge on any atom is -0.496 e. The summed E-state index contributed by atoms with van der Waals surface area (Å²) < 4.78 is 32.1. The van der Waals surface area contributed by atoms with E-state index in [9.17, 15) is 13.6 Å². The van der Waals surface area contributed by atoms with Crippen LogP contribution in [0.15, 0.2) is 34.8 Å². The molecule has 0 aromatic heterocycles. The summed E-state index contributed by atoms with van der Waals surface area (Å²) in [4.78, 5) is 12.1. The zero-order valence-corrected chi connectivity index (χ0v) is 12.5. The van der Waals surface area contributed by atoms with Crippen LogP contribution in [0.4, 0.5) is 20.2 Å². The van der Waals surface area contributed by atoms with Gasteiger partial charge in [-0.3, -0.25) is 4.79 Å². The Morgan fingerprint density at radius 3 is 2.62 bits per heavy atom. The molecule has 0 saturated carbocycles. The topological polar surface area (TPSA) is 64.3 Å². The maximum atomic E-state index is 13.7. The predicted octanol–water partition coefficient (Wildman–Crippen LogP) is 3.57.